The molecule has 2 rings (SSSR count). The number of aliphatic carboxylic acids is 1. The number of halogens is 1. The third-order valence-electron chi connectivity index (χ3n) is 3.07. The van der Waals surface area contributed by atoms with Gasteiger partial charge in [0, 0.05) is 16.3 Å². The van der Waals surface area contributed by atoms with Crippen molar-refractivity contribution >= 4 is 33.8 Å². The Morgan fingerprint density at radius 3 is 2.65 bits per heavy atom. The fourth-order valence-electron chi connectivity index (χ4n) is 1.84. The van der Waals surface area contributed by atoms with E-state index in [0.29, 0.717) is 17.1 Å². The van der Waals surface area contributed by atoms with Crippen molar-refractivity contribution < 1.29 is 19.4 Å². The SMILES string of the molecule is COc1cccc(C=Nc2ccccc2Br)c1O[C@@H](C)C(=O)O. The molecule has 0 fully saturated rings. The van der Waals surface area contributed by atoms with Gasteiger partial charge in [-0.2, -0.15) is 0 Å². The van der Waals surface area contributed by atoms with Crippen LogP contribution >= 0.6 is 15.9 Å². The number of hydrogen-bond donors (Lipinski definition) is 1. The molecule has 0 aliphatic heterocycles. The molecule has 5 nitrogen and oxygen atoms in total. The van der Waals surface area contributed by atoms with Crippen LogP contribution in [0.5, 0.6) is 11.5 Å². The maximum absolute atomic E-state index is 11.0. The first-order chi connectivity index (χ1) is 11.0. The van der Waals surface area contributed by atoms with E-state index in [-0.39, 0.29) is 0 Å². The fraction of sp³-hybridized carbons (Fsp3) is 0.176. The minimum absolute atomic E-state index is 0.348. The minimum Gasteiger partial charge on any atom is -0.493 e. The van der Waals surface area contributed by atoms with E-state index < -0.39 is 12.1 Å². The van der Waals surface area contributed by atoms with Crippen LogP contribution in [0.3, 0.4) is 0 Å². The van der Waals surface area contributed by atoms with Crippen LogP contribution in [0, 0.1) is 0 Å². The zero-order valence-corrected chi connectivity index (χ0v) is 14.3. The van der Waals surface area contributed by atoms with Crippen LogP contribution in [0.15, 0.2) is 51.9 Å². The van der Waals surface area contributed by atoms with E-state index in [1.807, 2.05) is 24.3 Å². The lowest BCUT2D eigenvalue weighted by Gasteiger charge is -2.15. The van der Waals surface area contributed by atoms with Gasteiger partial charge in [-0.05, 0) is 47.1 Å². The predicted octanol–water partition coefficient (Wildman–Crippen LogP) is 4.06. The summed E-state index contributed by atoms with van der Waals surface area (Å²) >= 11 is 3.43. The first kappa shape index (κ1) is 17.0. The van der Waals surface area contributed by atoms with Crippen molar-refractivity contribution in [3.8, 4) is 11.5 Å². The minimum atomic E-state index is -1.05. The summed E-state index contributed by atoms with van der Waals surface area (Å²) in [5.74, 6) is -0.250. The first-order valence-corrected chi connectivity index (χ1v) is 7.67. The van der Waals surface area contributed by atoms with Gasteiger partial charge in [0.1, 0.15) is 0 Å². The van der Waals surface area contributed by atoms with E-state index >= 15 is 0 Å². The molecule has 0 heterocycles. The maximum atomic E-state index is 11.0. The fourth-order valence-corrected chi connectivity index (χ4v) is 2.23. The molecule has 0 radical (unpaired) electrons. The molecule has 23 heavy (non-hydrogen) atoms. The van der Waals surface area contributed by atoms with Crippen LogP contribution in [-0.2, 0) is 4.79 Å². The molecule has 0 unspecified atom stereocenters. The maximum Gasteiger partial charge on any atom is 0.344 e. The summed E-state index contributed by atoms with van der Waals surface area (Å²) in [5.41, 5.74) is 1.39. The van der Waals surface area contributed by atoms with Crippen molar-refractivity contribution in [2.45, 2.75) is 13.0 Å². The topological polar surface area (TPSA) is 68.1 Å². The molecule has 2 aromatic carbocycles. The van der Waals surface area contributed by atoms with Gasteiger partial charge in [0.15, 0.2) is 17.6 Å². The number of methoxy groups -OCH3 is 1. The van der Waals surface area contributed by atoms with E-state index in [1.165, 1.54) is 14.0 Å². The highest BCUT2D eigenvalue weighted by molar-refractivity contribution is 9.10. The Kier molecular flexibility index (Phi) is 5.76. The number of nitrogens with zero attached hydrogens (tertiary/aromatic N) is 1. The van der Waals surface area contributed by atoms with E-state index in [4.69, 9.17) is 14.6 Å². The average Bonchev–Trinajstić information content (AvgIpc) is 2.54. The van der Waals surface area contributed by atoms with E-state index in [1.54, 1.807) is 24.4 Å². The molecule has 0 bridgehead atoms. The standard InChI is InChI=1S/C17H16BrNO4/c1-11(17(20)21)23-16-12(6-5-9-15(16)22-2)10-19-14-8-4-3-7-13(14)18/h3-11H,1-2H3,(H,20,21)/t11-/m0/s1. The summed E-state index contributed by atoms with van der Waals surface area (Å²) in [6.45, 7) is 1.46. The molecule has 2 aromatic rings. The van der Waals surface area contributed by atoms with Gasteiger partial charge in [0.05, 0.1) is 12.8 Å². The summed E-state index contributed by atoms with van der Waals surface area (Å²) in [6.07, 6.45) is 0.619. The normalized spacial score (nSPS) is 12.1. The van der Waals surface area contributed by atoms with E-state index in [0.717, 1.165) is 10.2 Å². The molecule has 0 saturated carbocycles. The smallest absolute Gasteiger partial charge is 0.344 e. The third kappa shape index (κ3) is 4.32. The number of benzene rings is 2. The molecule has 1 N–H and O–H groups in total. The monoisotopic (exact) mass is 377 g/mol. The number of carbonyl (C=O) groups is 1. The molecule has 0 spiro atoms. The Bertz CT molecular complexity index is 730. The second-order valence-electron chi connectivity index (χ2n) is 4.69. The van der Waals surface area contributed by atoms with Crippen LogP contribution in [0.4, 0.5) is 5.69 Å². The van der Waals surface area contributed by atoms with Gasteiger partial charge in [-0.1, -0.05) is 18.2 Å². The zero-order valence-electron chi connectivity index (χ0n) is 12.7. The Morgan fingerprint density at radius 2 is 2.00 bits per heavy atom. The van der Waals surface area contributed by atoms with Crippen LogP contribution < -0.4 is 9.47 Å². The lowest BCUT2D eigenvalue weighted by molar-refractivity contribution is -0.144. The first-order valence-electron chi connectivity index (χ1n) is 6.88. The van der Waals surface area contributed by atoms with E-state index in [9.17, 15) is 4.79 Å². The van der Waals surface area contributed by atoms with Crippen molar-refractivity contribution in [2.24, 2.45) is 4.99 Å². The van der Waals surface area contributed by atoms with Gasteiger partial charge in [-0.25, -0.2) is 4.79 Å². The van der Waals surface area contributed by atoms with Crippen molar-refractivity contribution in [1.82, 2.24) is 0 Å². The Morgan fingerprint density at radius 1 is 1.26 bits per heavy atom. The Hall–Kier alpha value is -2.34. The molecule has 0 amide bonds. The lowest BCUT2D eigenvalue weighted by Crippen LogP contribution is -2.23. The van der Waals surface area contributed by atoms with Gasteiger partial charge in [0.2, 0.25) is 0 Å². The molecular formula is C17H16BrNO4. The number of rotatable bonds is 6. The van der Waals surface area contributed by atoms with Gasteiger partial charge < -0.3 is 14.6 Å². The Labute approximate surface area is 142 Å². The summed E-state index contributed by atoms with van der Waals surface area (Å²) in [4.78, 5) is 15.4. The molecule has 1 atom stereocenters. The number of ether oxygens (including phenoxy) is 2. The van der Waals surface area contributed by atoms with Crippen LogP contribution in [0.25, 0.3) is 0 Å². The predicted molar refractivity (Wildman–Crippen MR) is 92.1 cm³/mol. The van der Waals surface area contributed by atoms with Gasteiger partial charge in [-0.15, -0.1) is 0 Å². The van der Waals surface area contributed by atoms with Crippen molar-refractivity contribution in [2.75, 3.05) is 7.11 Å². The highest BCUT2D eigenvalue weighted by Crippen LogP contribution is 2.32. The average molecular weight is 378 g/mol. The number of para-hydroxylation sites is 2. The summed E-state index contributed by atoms with van der Waals surface area (Å²) in [7, 11) is 1.50. The molecule has 6 heteroatoms. The third-order valence-corrected chi connectivity index (χ3v) is 3.74. The second-order valence-corrected chi connectivity index (χ2v) is 5.54. The zero-order chi connectivity index (χ0) is 16.8. The molecule has 120 valence electrons. The van der Waals surface area contributed by atoms with Crippen molar-refractivity contribution in [3.05, 3.63) is 52.5 Å². The molecule has 0 saturated heterocycles. The van der Waals surface area contributed by atoms with Gasteiger partial charge in [0.25, 0.3) is 0 Å². The number of aliphatic imine (C=N–C) groups is 1. The summed E-state index contributed by atoms with van der Waals surface area (Å²) in [6, 6.07) is 12.8. The summed E-state index contributed by atoms with van der Waals surface area (Å²) in [5, 5.41) is 9.04. The van der Waals surface area contributed by atoms with Gasteiger partial charge in [-0.3, -0.25) is 4.99 Å². The number of hydrogen-bond acceptors (Lipinski definition) is 4. The van der Waals surface area contributed by atoms with Crippen LogP contribution in [0.1, 0.15) is 12.5 Å². The highest BCUT2D eigenvalue weighted by Gasteiger charge is 2.17. The van der Waals surface area contributed by atoms with Crippen molar-refractivity contribution in [1.29, 1.82) is 0 Å². The Balaban J connectivity index is 2.38. The second kappa shape index (κ2) is 7.78. The quantitative estimate of drug-likeness (QED) is 0.770. The number of carboxylic acids is 1. The molecule has 0 aliphatic carbocycles. The molecular weight excluding hydrogens is 362 g/mol. The lowest BCUT2D eigenvalue weighted by atomic mass is 10.2. The molecule has 0 aliphatic rings. The molecule has 0 aromatic heterocycles. The highest BCUT2D eigenvalue weighted by atomic mass is 79.9. The van der Waals surface area contributed by atoms with E-state index in [2.05, 4.69) is 20.9 Å². The van der Waals surface area contributed by atoms with Crippen LogP contribution in [0.2, 0.25) is 0 Å². The largest absolute Gasteiger partial charge is 0.493 e. The number of carboxylic acid groups (broad SMARTS) is 1. The van der Waals surface area contributed by atoms with Crippen molar-refractivity contribution in [3.63, 3.8) is 0 Å². The summed E-state index contributed by atoms with van der Waals surface area (Å²) < 4.78 is 11.6. The van der Waals surface area contributed by atoms with Gasteiger partial charge >= 0.3 is 5.97 Å². The van der Waals surface area contributed by atoms with Crippen LogP contribution in [-0.4, -0.2) is 30.5 Å².